The van der Waals surface area contributed by atoms with Crippen LogP contribution < -0.4 is 16.4 Å². The molecule has 1 heterocycles. The van der Waals surface area contributed by atoms with Crippen LogP contribution in [-0.4, -0.2) is 16.9 Å². The molecule has 0 saturated heterocycles. The summed E-state index contributed by atoms with van der Waals surface area (Å²) < 4.78 is 18.4. The number of amides is 1. The fraction of sp³-hybridized carbons (Fsp3) is 0. The Hall–Kier alpha value is -4.98. The van der Waals surface area contributed by atoms with Crippen LogP contribution >= 0.6 is 0 Å². The van der Waals surface area contributed by atoms with Crippen molar-refractivity contribution in [2.24, 2.45) is 4.99 Å². The van der Waals surface area contributed by atoms with Gasteiger partial charge < -0.3 is 9.73 Å². The van der Waals surface area contributed by atoms with Gasteiger partial charge in [-0.15, -0.1) is 0 Å². The summed E-state index contributed by atoms with van der Waals surface area (Å²) in [6, 6.07) is 27.7. The number of guanidine groups is 1. The van der Waals surface area contributed by atoms with Gasteiger partial charge in [-0.3, -0.25) is 15.1 Å². The van der Waals surface area contributed by atoms with Crippen LogP contribution in [0.25, 0.3) is 22.2 Å². The standard InChI is InChI=1S/C27H19FN4O3/c28-20-10-6-19(7-11-20)25(33)32-26(30-22-14-15-23-24(16-22)35-27(34)31-23)29-21-12-8-18(9-13-21)17-4-2-1-3-5-17/h1-16H,(H,31,34)(H2,29,30,32,33). The summed E-state index contributed by atoms with van der Waals surface area (Å²) in [6.45, 7) is 0. The van der Waals surface area contributed by atoms with Gasteiger partial charge in [0.15, 0.2) is 5.58 Å². The zero-order chi connectivity index (χ0) is 24.2. The first-order valence-corrected chi connectivity index (χ1v) is 10.7. The van der Waals surface area contributed by atoms with Crippen LogP contribution in [0.3, 0.4) is 0 Å². The molecule has 0 aliphatic carbocycles. The highest BCUT2D eigenvalue weighted by molar-refractivity contribution is 6.10. The van der Waals surface area contributed by atoms with Gasteiger partial charge in [0.05, 0.1) is 11.2 Å². The molecule has 0 unspecified atom stereocenters. The number of anilines is 1. The molecule has 0 bridgehead atoms. The van der Waals surface area contributed by atoms with Crippen molar-refractivity contribution in [2.45, 2.75) is 0 Å². The number of aliphatic imine (C=N–C) groups is 1. The van der Waals surface area contributed by atoms with E-state index in [0.717, 1.165) is 11.1 Å². The molecule has 0 saturated carbocycles. The second kappa shape index (κ2) is 9.48. The molecule has 5 aromatic rings. The fourth-order valence-electron chi connectivity index (χ4n) is 3.52. The summed E-state index contributed by atoms with van der Waals surface area (Å²) in [5.74, 6) is -1.32. The van der Waals surface area contributed by atoms with Crippen LogP contribution in [0.1, 0.15) is 10.4 Å². The number of fused-ring (bicyclic) bond motifs is 1. The Bertz CT molecular complexity index is 1570. The van der Waals surface area contributed by atoms with Crippen LogP contribution in [0.4, 0.5) is 15.8 Å². The molecule has 4 aromatic carbocycles. The Morgan fingerprint density at radius 3 is 2.31 bits per heavy atom. The highest BCUT2D eigenvalue weighted by atomic mass is 19.1. The van der Waals surface area contributed by atoms with Crippen molar-refractivity contribution < 1.29 is 13.6 Å². The highest BCUT2D eigenvalue weighted by Gasteiger charge is 2.11. The molecule has 0 atom stereocenters. The van der Waals surface area contributed by atoms with Gasteiger partial charge in [0.25, 0.3) is 5.91 Å². The van der Waals surface area contributed by atoms with Crippen molar-refractivity contribution in [1.29, 1.82) is 0 Å². The summed E-state index contributed by atoms with van der Waals surface area (Å²) in [6.07, 6.45) is 0. The smallest absolute Gasteiger partial charge is 0.408 e. The lowest BCUT2D eigenvalue weighted by Crippen LogP contribution is -2.35. The van der Waals surface area contributed by atoms with E-state index in [1.807, 2.05) is 54.6 Å². The summed E-state index contributed by atoms with van der Waals surface area (Å²) in [5.41, 5.74) is 4.42. The van der Waals surface area contributed by atoms with Crippen molar-refractivity contribution in [2.75, 3.05) is 5.32 Å². The van der Waals surface area contributed by atoms with Crippen molar-refractivity contribution in [3.05, 3.63) is 119 Å². The maximum Gasteiger partial charge on any atom is 0.417 e. The van der Waals surface area contributed by atoms with Crippen LogP contribution in [0.15, 0.2) is 111 Å². The average Bonchev–Trinajstić information content (AvgIpc) is 3.24. The maximum absolute atomic E-state index is 13.3. The van der Waals surface area contributed by atoms with Gasteiger partial charge in [0.1, 0.15) is 5.82 Å². The van der Waals surface area contributed by atoms with Crippen LogP contribution in [0.2, 0.25) is 0 Å². The lowest BCUT2D eigenvalue weighted by Gasteiger charge is -2.12. The Kier molecular flexibility index (Phi) is 5.92. The third-order valence-electron chi connectivity index (χ3n) is 5.24. The second-order valence-electron chi connectivity index (χ2n) is 7.68. The average molecular weight is 466 g/mol. The topological polar surface area (TPSA) is 99.5 Å². The number of H-pyrrole nitrogens is 1. The molecule has 0 aliphatic rings. The minimum Gasteiger partial charge on any atom is -0.408 e. The molecular formula is C27H19FN4O3. The monoisotopic (exact) mass is 466 g/mol. The molecule has 7 nitrogen and oxygen atoms in total. The van der Waals surface area contributed by atoms with Gasteiger partial charge in [-0.25, -0.2) is 14.2 Å². The lowest BCUT2D eigenvalue weighted by molar-refractivity contribution is 0.0977. The second-order valence-corrected chi connectivity index (χ2v) is 7.68. The first kappa shape index (κ1) is 21.8. The fourth-order valence-corrected chi connectivity index (χ4v) is 3.52. The number of hydrogen-bond acceptors (Lipinski definition) is 4. The van der Waals surface area contributed by atoms with Gasteiger partial charge in [-0.2, -0.15) is 0 Å². The van der Waals surface area contributed by atoms with E-state index in [1.165, 1.54) is 24.3 Å². The van der Waals surface area contributed by atoms with E-state index in [2.05, 4.69) is 20.6 Å². The van der Waals surface area contributed by atoms with Crippen molar-refractivity contribution in [1.82, 2.24) is 10.3 Å². The van der Waals surface area contributed by atoms with Crippen LogP contribution in [0, 0.1) is 5.82 Å². The predicted octanol–water partition coefficient (Wildman–Crippen LogP) is 5.46. The molecule has 0 radical (unpaired) electrons. The molecule has 8 heteroatoms. The molecule has 0 spiro atoms. The largest absolute Gasteiger partial charge is 0.417 e. The number of halogens is 1. The van der Waals surface area contributed by atoms with Gasteiger partial charge in [0, 0.05) is 17.3 Å². The van der Waals surface area contributed by atoms with E-state index in [4.69, 9.17) is 4.42 Å². The first-order valence-electron chi connectivity index (χ1n) is 10.7. The summed E-state index contributed by atoms with van der Waals surface area (Å²) in [4.78, 5) is 31.4. The normalized spacial score (nSPS) is 11.4. The van der Waals surface area contributed by atoms with Crippen molar-refractivity contribution in [3.8, 4) is 11.1 Å². The Morgan fingerprint density at radius 2 is 1.57 bits per heavy atom. The summed E-state index contributed by atoms with van der Waals surface area (Å²) in [5, 5.41) is 5.78. The molecule has 0 fully saturated rings. The van der Waals surface area contributed by atoms with Gasteiger partial charge in [0.2, 0.25) is 5.96 Å². The maximum atomic E-state index is 13.3. The van der Waals surface area contributed by atoms with E-state index in [-0.39, 0.29) is 11.5 Å². The zero-order valence-corrected chi connectivity index (χ0v) is 18.3. The Labute approximate surface area is 199 Å². The van der Waals surface area contributed by atoms with Crippen molar-refractivity contribution in [3.63, 3.8) is 0 Å². The third-order valence-corrected chi connectivity index (χ3v) is 5.24. The minimum atomic E-state index is -0.561. The van der Waals surface area contributed by atoms with Gasteiger partial charge in [-0.1, -0.05) is 42.5 Å². The number of hydrogen-bond donors (Lipinski definition) is 3. The Morgan fingerprint density at radius 1 is 0.857 bits per heavy atom. The van der Waals surface area contributed by atoms with E-state index in [9.17, 15) is 14.0 Å². The number of carbonyl (C=O) groups is 1. The van der Waals surface area contributed by atoms with Crippen LogP contribution in [0.5, 0.6) is 0 Å². The van der Waals surface area contributed by atoms with E-state index in [1.54, 1.807) is 18.2 Å². The lowest BCUT2D eigenvalue weighted by atomic mass is 10.1. The molecule has 35 heavy (non-hydrogen) atoms. The van der Waals surface area contributed by atoms with Gasteiger partial charge in [-0.05, 0) is 59.7 Å². The van der Waals surface area contributed by atoms with E-state index in [0.29, 0.717) is 22.5 Å². The third kappa shape index (κ3) is 5.17. The quantitative estimate of drug-likeness (QED) is 0.242. The molecule has 0 aliphatic heterocycles. The van der Waals surface area contributed by atoms with Crippen molar-refractivity contribution >= 4 is 34.3 Å². The SMILES string of the molecule is O=C(NC(=Nc1ccc(-c2ccccc2)cc1)Nc1ccc2[nH]c(=O)oc2c1)c1ccc(F)cc1. The van der Waals surface area contributed by atoms with E-state index < -0.39 is 17.5 Å². The number of aromatic amines is 1. The first-order chi connectivity index (χ1) is 17.0. The summed E-state index contributed by atoms with van der Waals surface area (Å²) >= 11 is 0. The molecule has 1 amide bonds. The molecule has 1 aromatic heterocycles. The highest BCUT2D eigenvalue weighted by Crippen LogP contribution is 2.23. The number of nitrogens with one attached hydrogen (secondary N) is 3. The van der Waals surface area contributed by atoms with Crippen LogP contribution in [-0.2, 0) is 0 Å². The number of oxazole rings is 1. The zero-order valence-electron chi connectivity index (χ0n) is 18.3. The Balaban J connectivity index is 1.45. The number of carbonyl (C=O) groups excluding carboxylic acids is 1. The molecule has 5 rings (SSSR count). The minimum absolute atomic E-state index is 0.143. The van der Waals surface area contributed by atoms with E-state index >= 15 is 0 Å². The number of rotatable bonds is 4. The predicted molar refractivity (Wildman–Crippen MR) is 133 cm³/mol. The molecule has 3 N–H and O–H groups in total. The number of aromatic nitrogens is 1. The summed E-state index contributed by atoms with van der Waals surface area (Å²) in [7, 11) is 0. The number of benzene rings is 4. The molecular weight excluding hydrogens is 447 g/mol. The van der Waals surface area contributed by atoms with Gasteiger partial charge >= 0.3 is 5.76 Å². The number of nitrogens with zero attached hydrogens (tertiary/aromatic N) is 1. The molecule has 172 valence electrons.